The first-order valence-corrected chi connectivity index (χ1v) is 8.14. The molecule has 0 amide bonds. The van der Waals surface area contributed by atoms with E-state index < -0.39 is 5.97 Å². The predicted octanol–water partition coefficient (Wildman–Crippen LogP) is 3.68. The number of hydrogen-bond donors (Lipinski definition) is 1. The third-order valence-electron chi connectivity index (χ3n) is 4.70. The summed E-state index contributed by atoms with van der Waals surface area (Å²) in [5, 5.41) is 9.14. The van der Waals surface area contributed by atoms with Gasteiger partial charge in [-0.2, -0.15) is 0 Å². The third kappa shape index (κ3) is 4.57. The zero-order valence-corrected chi connectivity index (χ0v) is 13.2. The Hall–Kier alpha value is -1.35. The van der Waals surface area contributed by atoms with E-state index in [4.69, 9.17) is 5.11 Å². The van der Waals surface area contributed by atoms with E-state index in [9.17, 15) is 4.79 Å². The average molecular weight is 289 g/mol. The Balaban J connectivity index is 2.03. The molecule has 0 saturated carbocycles. The van der Waals surface area contributed by atoms with Crippen LogP contribution in [0, 0.1) is 0 Å². The van der Waals surface area contributed by atoms with Gasteiger partial charge in [-0.05, 0) is 55.8 Å². The normalized spacial score (nSPS) is 18.6. The molecule has 2 rings (SSSR count). The van der Waals surface area contributed by atoms with Crippen LogP contribution in [0.2, 0.25) is 0 Å². The maximum Gasteiger partial charge on any atom is 0.304 e. The number of nitrogens with zero attached hydrogens (tertiary/aromatic N) is 1. The van der Waals surface area contributed by atoms with Gasteiger partial charge in [0.15, 0.2) is 0 Å². The van der Waals surface area contributed by atoms with E-state index in [-0.39, 0.29) is 12.5 Å². The second-order valence-corrected chi connectivity index (χ2v) is 6.25. The van der Waals surface area contributed by atoms with Gasteiger partial charge in [-0.25, -0.2) is 0 Å². The maximum atomic E-state index is 11.1. The number of carboxylic acid groups (broad SMARTS) is 1. The summed E-state index contributed by atoms with van der Waals surface area (Å²) in [6, 6.07) is 8.88. The second-order valence-electron chi connectivity index (χ2n) is 6.25. The van der Waals surface area contributed by atoms with Crippen LogP contribution in [0.1, 0.15) is 56.6 Å². The molecular formula is C18H27NO2. The van der Waals surface area contributed by atoms with Gasteiger partial charge in [0.05, 0.1) is 6.42 Å². The van der Waals surface area contributed by atoms with Gasteiger partial charge in [0.25, 0.3) is 0 Å². The first kappa shape index (κ1) is 16.0. The molecule has 1 saturated heterocycles. The number of aliphatic carboxylic acids is 1. The molecule has 21 heavy (non-hydrogen) atoms. The molecule has 1 aromatic carbocycles. The molecular weight excluding hydrogens is 262 g/mol. The van der Waals surface area contributed by atoms with Gasteiger partial charge >= 0.3 is 5.97 Å². The van der Waals surface area contributed by atoms with Gasteiger partial charge in [0, 0.05) is 6.04 Å². The molecule has 3 nitrogen and oxygen atoms in total. The summed E-state index contributed by atoms with van der Waals surface area (Å²) in [5.74, 6) is -0.101. The van der Waals surface area contributed by atoms with Crippen molar-refractivity contribution < 1.29 is 9.90 Å². The van der Waals surface area contributed by atoms with Crippen LogP contribution >= 0.6 is 0 Å². The fourth-order valence-corrected chi connectivity index (χ4v) is 3.13. The third-order valence-corrected chi connectivity index (χ3v) is 4.70. The molecule has 2 unspecified atom stereocenters. The number of benzene rings is 1. The molecule has 1 aromatic rings. The molecule has 1 fully saturated rings. The Morgan fingerprint density at radius 3 is 2.38 bits per heavy atom. The first-order chi connectivity index (χ1) is 10.1. The number of rotatable bonds is 7. The molecule has 116 valence electrons. The molecule has 0 bridgehead atoms. The van der Waals surface area contributed by atoms with Crippen molar-refractivity contribution in [3.8, 4) is 0 Å². The van der Waals surface area contributed by atoms with E-state index in [0.29, 0.717) is 5.92 Å². The smallest absolute Gasteiger partial charge is 0.304 e. The summed E-state index contributed by atoms with van der Waals surface area (Å²) < 4.78 is 0. The minimum atomic E-state index is -0.692. The van der Waals surface area contributed by atoms with E-state index in [1.807, 2.05) is 0 Å². The molecule has 3 heteroatoms. The Labute approximate surface area is 128 Å². The highest BCUT2D eigenvalue weighted by Gasteiger charge is 2.24. The highest BCUT2D eigenvalue weighted by atomic mass is 16.4. The molecule has 1 heterocycles. The van der Waals surface area contributed by atoms with Crippen LogP contribution < -0.4 is 0 Å². The standard InChI is InChI=1S/C18H27NO2/c1-3-14(2)16-8-6-15(7-9-16)12-17(13-18(20)21)19-10-4-5-11-19/h6-9,14,17H,3-5,10-13H2,1-2H3,(H,20,21). The summed E-state index contributed by atoms with van der Waals surface area (Å²) >= 11 is 0. The first-order valence-electron chi connectivity index (χ1n) is 8.14. The molecule has 0 aliphatic carbocycles. The topological polar surface area (TPSA) is 40.5 Å². The minimum Gasteiger partial charge on any atom is -0.481 e. The van der Waals surface area contributed by atoms with Gasteiger partial charge in [0.1, 0.15) is 0 Å². The lowest BCUT2D eigenvalue weighted by Crippen LogP contribution is -2.36. The van der Waals surface area contributed by atoms with Crippen molar-refractivity contribution in [2.45, 2.75) is 57.9 Å². The van der Waals surface area contributed by atoms with Crippen molar-refractivity contribution in [1.82, 2.24) is 4.90 Å². The van der Waals surface area contributed by atoms with Crippen LogP contribution in [0.4, 0.5) is 0 Å². The fraction of sp³-hybridized carbons (Fsp3) is 0.611. The van der Waals surface area contributed by atoms with Gasteiger partial charge in [-0.3, -0.25) is 9.69 Å². The van der Waals surface area contributed by atoms with E-state index in [2.05, 4.69) is 43.0 Å². The lowest BCUT2D eigenvalue weighted by atomic mass is 9.95. The molecule has 1 aliphatic rings. The number of carbonyl (C=O) groups is 1. The van der Waals surface area contributed by atoms with Gasteiger partial charge in [-0.15, -0.1) is 0 Å². The number of carboxylic acids is 1. The van der Waals surface area contributed by atoms with E-state index in [1.54, 1.807) is 0 Å². The fourth-order valence-electron chi connectivity index (χ4n) is 3.13. The van der Waals surface area contributed by atoms with Crippen LogP contribution in [0.5, 0.6) is 0 Å². The van der Waals surface area contributed by atoms with Crippen LogP contribution in [-0.4, -0.2) is 35.1 Å². The summed E-state index contributed by atoms with van der Waals surface area (Å²) in [6.45, 7) is 6.53. The van der Waals surface area contributed by atoms with Gasteiger partial charge < -0.3 is 5.11 Å². The van der Waals surface area contributed by atoms with Gasteiger partial charge in [-0.1, -0.05) is 38.1 Å². The highest BCUT2D eigenvalue weighted by molar-refractivity contribution is 5.67. The Morgan fingerprint density at radius 2 is 1.86 bits per heavy atom. The van der Waals surface area contributed by atoms with E-state index >= 15 is 0 Å². The minimum absolute atomic E-state index is 0.138. The quantitative estimate of drug-likeness (QED) is 0.832. The molecule has 2 atom stereocenters. The number of hydrogen-bond acceptors (Lipinski definition) is 2. The molecule has 1 N–H and O–H groups in total. The zero-order valence-electron chi connectivity index (χ0n) is 13.2. The van der Waals surface area contributed by atoms with Crippen molar-refractivity contribution in [3.05, 3.63) is 35.4 Å². The maximum absolute atomic E-state index is 11.1. The average Bonchev–Trinajstić information content (AvgIpc) is 3.00. The Bertz CT molecular complexity index is 449. The number of likely N-dealkylation sites (tertiary alicyclic amines) is 1. The SMILES string of the molecule is CCC(C)c1ccc(CC(CC(=O)O)N2CCCC2)cc1. The van der Waals surface area contributed by atoms with Crippen molar-refractivity contribution in [1.29, 1.82) is 0 Å². The van der Waals surface area contributed by atoms with Crippen LogP contribution in [0.25, 0.3) is 0 Å². The Kier molecular flexibility index (Phi) is 5.80. The monoisotopic (exact) mass is 289 g/mol. The largest absolute Gasteiger partial charge is 0.481 e. The van der Waals surface area contributed by atoms with Crippen molar-refractivity contribution >= 4 is 5.97 Å². The van der Waals surface area contributed by atoms with E-state index in [0.717, 1.165) is 25.9 Å². The summed E-state index contributed by atoms with van der Waals surface area (Å²) in [5.41, 5.74) is 2.62. The molecule has 0 aromatic heterocycles. The lowest BCUT2D eigenvalue weighted by molar-refractivity contribution is -0.138. The lowest BCUT2D eigenvalue weighted by Gasteiger charge is -2.26. The van der Waals surface area contributed by atoms with Crippen LogP contribution in [-0.2, 0) is 11.2 Å². The Morgan fingerprint density at radius 1 is 1.24 bits per heavy atom. The molecule has 0 radical (unpaired) electrons. The second kappa shape index (κ2) is 7.60. The molecule has 0 spiro atoms. The van der Waals surface area contributed by atoms with Crippen LogP contribution in [0.15, 0.2) is 24.3 Å². The summed E-state index contributed by atoms with van der Waals surface area (Å²) in [4.78, 5) is 13.5. The van der Waals surface area contributed by atoms with Crippen molar-refractivity contribution in [3.63, 3.8) is 0 Å². The summed E-state index contributed by atoms with van der Waals surface area (Å²) in [7, 11) is 0. The van der Waals surface area contributed by atoms with Crippen molar-refractivity contribution in [2.24, 2.45) is 0 Å². The molecule has 1 aliphatic heterocycles. The van der Waals surface area contributed by atoms with Gasteiger partial charge in [0.2, 0.25) is 0 Å². The van der Waals surface area contributed by atoms with Crippen LogP contribution in [0.3, 0.4) is 0 Å². The van der Waals surface area contributed by atoms with E-state index in [1.165, 1.54) is 24.0 Å². The summed E-state index contributed by atoms with van der Waals surface area (Å²) in [6.07, 6.45) is 4.63. The highest BCUT2D eigenvalue weighted by Crippen LogP contribution is 2.22. The zero-order chi connectivity index (χ0) is 15.2. The van der Waals surface area contributed by atoms with Crippen molar-refractivity contribution in [2.75, 3.05) is 13.1 Å². The predicted molar refractivity (Wildman–Crippen MR) is 85.7 cm³/mol.